The fraction of sp³-hybridized carbons (Fsp3) is 0.381. The highest BCUT2D eigenvalue weighted by Gasteiger charge is 2.30. The van der Waals surface area contributed by atoms with Crippen LogP contribution in [0.4, 0.5) is 5.69 Å². The Morgan fingerprint density at radius 2 is 1.78 bits per heavy atom. The summed E-state index contributed by atoms with van der Waals surface area (Å²) in [5.74, 6) is -0.0119. The Morgan fingerprint density at radius 3 is 2.44 bits per heavy atom. The molecule has 2 aromatic rings. The van der Waals surface area contributed by atoms with E-state index in [1.165, 1.54) is 16.1 Å². The van der Waals surface area contributed by atoms with Gasteiger partial charge in [-0.3, -0.25) is 9.10 Å². The van der Waals surface area contributed by atoms with Gasteiger partial charge in [0.2, 0.25) is 15.9 Å². The summed E-state index contributed by atoms with van der Waals surface area (Å²) < 4.78 is 25.5. The second-order valence-corrected chi connectivity index (χ2v) is 8.88. The number of para-hydroxylation sites is 1. The van der Waals surface area contributed by atoms with Crippen molar-refractivity contribution in [2.24, 2.45) is 0 Å². The first-order chi connectivity index (χ1) is 12.9. The zero-order valence-corrected chi connectivity index (χ0v) is 16.6. The van der Waals surface area contributed by atoms with Crippen molar-refractivity contribution in [1.29, 1.82) is 0 Å². The molecule has 1 amide bonds. The fourth-order valence-electron chi connectivity index (χ4n) is 3.49. The van der Waals surface area contributed by atoms with Crippen LogP contribution in [0.3, 0.4) is 0 Å². The number of hydrogen-bond donors (Lipinski definition) is 1. The van der Waals surface area contributed by atoms with E-state index in [0.29, 0.717) is 31.5 Å². The summed E-state index contributed by atoms with van der Waals surface area (Å²) in [6.07, 6.45) is 3.90. The SMILES string of the molecule is CCc1ccc(CCC(=O)NC2CCN(S(C)(=O)=O)c3ccccc32)cc1. The zero-order chi connectivity index (χ0) is 19.4. The molecular weight excluding hydrogens is 360 g/mol. The molecule has 0 saturated carbocycles. The van der Waals surface area contributed by atoms with Crippen LogP contribution in [0.1, 0.15) is 42.5 Å². The number of carbonyl (C=O) groups excluding carboxylic acids is 1. The van der Waals surface area contributed by atoms with Gasteiger partial charge in [0, 0.05) is 13.0 Å². The summed E-state index contributed by atoms with van der Waals surface area (Å²) >= 11 is 0. The number of sulfonamides is 1. The average molecular weight is 387 g/mol. The van der Waals surface area contributed by atoms with E-state index >= 15 is 0 Å². The van der Waals surface area contributed by atoms with Crippen molar-refractivity contribution < 1.29 is 13.2 Å². The van der Waals surface area contributed by atoms with Crippen molar-refractivity contribution in [3.63, 3.8) is 0 Å². The smallest absolute Gasteiger partial charge is 0.232 e. The fourth-order valence-corrected chi connectivity index (χ4v) is 4.45. The van der Waals surface area contributed by atoms with Gasteiger partial charge in [0.05, 0.1) is 18.0 Å². The minimum Gasteiger partial charge on any atom is -0.349 e. The molecule has 0 radical (unpaired) electrons. The van der Waals surface area contributed by atoms with Crippen LogP contribution >= 0.6 is 0 Å². The predicted octanol–water partition coefficient (Wildman–Crippen LogP) is 3.21. The third-order valence-electron chi connectivity index (χ3n) is 5.01. The van der Waals surface area contributed by atoms with E-state index in [-0.39, 0.29) is 11.9 Å². The lowest BCUT2D eigenvalue weighted by Crippen LogP contribution is -2.40. The van der Waals surface area contributed by atoms with Crippen molar-refractivity contribution in [1.82, 2.24) is 5.32 Å². The largest absolute Gasteiger partial charge is 0.349 e. The molecule has 2 aromatic carbocycles. The van der Waals surface area contributed by atoms with Crippen LogP contribution in [-0.4, -0.2) is 27.1 Å². The minimum absolute atomic E-state index is 0.0119. The lowest BCUT2D eigenvalue weighted by Gasteiger charge is -2.34. The number of nitrogens with one attached hydrogen (secondary N) is 1. The topological polar surface area (TPSA) is 66.5 Å². The first-order valence-corrected chi connectivity index (χ1v) is 11.2. The molecule has 144 valence electrons. The number of hydrogen-bond acceptors (Lipinski definition) is 3. The molecule has 1 unspecified atom stereocenters. The molecular formula is C21H26N2O3S. The second-order valence-electron chi connectivity index (χ2n) is 6.97. The Hall–Kier alpha value is -2.34. The predicted molar refractivity (Wildman–Crippen MR) is 108 cm³/mol. The van der Waals surface area contributed by atoms with Crippen molar-refractivity contribution in [3.05, 3.63) is 65.2 Å². The molecule has 3 rings (SSSR count). The van der Waals surface area contributed by atoms with Gasteiger partial charge in [-0.15, -0.1) is 0 Å². The summed E-state index contributed by atoms with van der Waals surface area (Å²) in [7, 11) is -3.32. The zero-order valence-electron chi connectivity index (χ0n) is 15.8. The summed E-state index contributed by atoms with van der Waals surface area (Å²) in [5.41, 5.74) is 3.95. The summed E-state index contributed by atoms with van der Waals surface area (Å²) in [4.78, 5) is 12.5. The standard InChI is InChI=1S/C21H26N2O3S/c1-3-16-8-10-17(11-9-16)12-13-21(24)22-19-14-15-23(27(2,25)26)20-7-5-4-6-18(19)20/h4-11,19H,3,12-15H2,1-2H3,(H,22,24). The van der Waals surface area contributed by atoms with E-state index in [9.17, 15) is 13.2 Å². The highest BCUT2D eigenvalue weighted by molar-refractivity contribution is 7.92. The molecule has 0 spiro atoms. The number of fused-ring (bicyclic) bond motifs is 1. The first kappa shape index (κ1) is 19.4. The van der Waals surface area contributed by atoms with Gasteiger partial charge >= 0.3 is 0 Å². The molecule has 6 heteroatoms. The first-order valence-electron chi connectivity index (χ1n) is 9.32. The highest BCUT2D eigenvalue weighted by atomic mass is 32.2. The normalized spacial score (nSPS) is 16.7. The molecule has 0 bridgehead atoms. The van der Waals surface area contributed by atoms with Gasteiger partial charge in [-0.1, -0.05) is 49.4 Å². The van der Waals surface area contributed by atoms with Gasteiger partial charge < -0.3 is 5.32 Å². The van der Waals surface area contributed by atoms with Crippen LogP contribution in [0.15, 0.2) is 48.5 Å². The number of aryl methyl sites for hydroxylation is 2. The molecule has 0 fully saturated rings. The lowest BCUT2D eigenvalue weighted by molar-refractivity contribution is -0.121. The number of nitrogens with zero attached hydrogens (tertiary/aromatic N) is 1. The van der Waals surface area contributed by atoms with Crippen LogP contribution in [0.2, 0.25) is 0 Å². The Bertz CT molecular complexity index is 907. The van der Waals surface area contributed by atoms with Crippen LogP contribution in [-0.2, 0) is 27.7 Å². The second kappa shape index (κ2) is 8.13. The summed E-state index contributed by atoms with van der Waals surface area (Å²) in [5, 5.41) is 3.08. The minimum atomic E-state index is -3.32. The Labute approximate surface area is 161 Å². The molecule has 5 nitrogen and oxygen atoms in total. The third kappa shape index (κ3) is 4.69. The van der Waals surface area contributed by atoms with E-state index in [1.807, 2.05) is 18.2 Å². The van der Waals surface area contributed by atoms with Gasteiger partial charge in [-0.05, 0) is 42.0 Å². The number of carbonyl (C=O) groups is 1. The third-order valence-corrected chi connectivity index (χ3v) is 6.19. The number of benzene rings is 2. The van der Waals surface area contributed by atoms with Gasteiger partial charge in [0.25, 0.3) is 0 Å². The summed E-state index contributed by atoms with van der Waals surface area (Å²) in [6, 6.07) is 15.6. The van der Waals surface area contributed by atoms with Gasteiger partial charge in [0.15, 0.2) is 0 Å². The average Bonchev–Trinajstić information content (AvgIpc) is 2.66. The Morgan fingerprint density at radius 1 is 1.11 bits per heavy atom. The van der Waals surface area contributed by atoms with E-state index in [1.54, 1.807) is 6.07 Å². The van der Waals surface area contributed by atoms with Gasteiger partial charge in [-0.25, -0.2) is 8.42 Å². The quantitative estimate of drug-likeness (QED) is 0.829. The molecule has 0 aromatic heterocycles. The maximum Gasteiger partial charge on any atom is 0.232 e. The van der Waals surface area contributed by atoms with Crippen LogP contribution in [0.5, 0.6) is 0 Å². The number of rotatable bonds is 6. The van der Waals surface area contributed by atoms with Crippen LogP contribution < -0.4 is 9.62 Å². The van der Waals surface area contributed by atoms with Crippen molar-refractivity contribution >= 4 is 21.6 Å². The number of anilines is 1. The molecule has 0 aliphatic carbocycles. The van der Waals surface area contributed by atoms with E-state index in [4.69, 9.17) is 0 Å². The molecule has 1 atom stereocenters. The summed E-state index contributed by atoms with van der Waals surface area (Å²) in [6.45, 7) is 2.49. The highest BCUT2D eigenvalue weighted by Crippen LogP contribution is 2.35. The van der Waals surface area contributed by atoms with E-state index in [2.05, 4.69) is 36.5 Å². The van der Waals surface area contributed by atoms with Crippen molar-refractivity contribution in [2.45, 2.75) is 38.6 Å². The molecule has 1 aliphatic heterocycles. The lowest BCUT2D eigenvalue weighted by atomic mass is 9.97. The van der Waals surface area contributed by atoms with E-state index in [0.717, 1.165) is 17.5 Å². The molecule has 1 aliphatic rings. The van der Waals surface area contributed by atoms with E-state index < -0.39 is 10.0 Å². The molecule has 1 N–H and O–H groups in total. The van der Waals surface area contributed by atoms with Crippen molar-refractivity contribution in [3.8, 4) is 0 Å². The van der Waals surface area contributed by atoms with Crippen LogP contribution in [0.25, 0.3) is 0 Å². The number of amides is 1. The monoisotopic (exact) mass is 386 g/mol. The Kier molecular flexibility index (Phi) is 5.85. The van der Waals surface area contributed by atoms with Gasteiger partial charge in [0.1, 0.15) is 0 Å². The molecule has 0 saturated heterocycles. The van der Waals surface area contributed by atoms with Gasteiger partial charge in [-0.2, -0.15) is 0 Å². The van der Waals surface area contributed by atoms with Crippen molar-refractivity contribution in [2.75, 3.05) is 17.1 Å². The molecule has 1 heterocycles. The Balaban J connectivity index is 1.65. The van der Waals surface area contributed by atoms with Crippen LogP contribution in [0, 0.1) is 0 Å². The maximum absolute atomic E-state index is 12.5. The molecule has 27 heavy (non-hydrogen) atoms. The maximum atomic E-state index is 12.5.